The van der Waals surface area contributed by atoms with Crippen molar-refractivity contribution in [3.8, 4) is 0 Å². The molecule has 0 spiro atoms. The molecule has 0 aromatic heterocycles. The zero-order valence-electron chi connectivity index (χ0n) is 4.91. The number of allylic oxidation sites excluding steroid dienone is 2. The Bertz CT molecular complexity index is 84.2. The minimum atomic E-state index is 1.36. The molecule has 1 heteroatoms. The SMILES string of the molecule is [SiH3]CC1=CCCC1. The van der Waals surface area contributed by atoms with Gasteiger partial charge in [-0.3, -0.25) is 0 Å². The minimum Gasteiger partial charge on any atom is -0.0856 e. The van der Waals surface area contributed by atoms with Gasteiger partial charge in [0.05, 0.1) is 0 Å². The molecular weight excluding hydrogens is 100 g/mol. The van der Waals surface area contributed by atoms with E-state index in [1.807, 2.05) is 0 Å². The predicted octanol–water partition coefficient (Wildman–Crippen LogP) is 0.880. The van der Waals surface area contributed by atoms with Crippen LogP contribution in [0.15, 0.2) is 11.6 Å². The van der Waals surface area contributed by atoms with Gasteiger partial charge in [-0.15, -0.1) is 0 Å². The summed E-state index contributed by atoms with van der Waals surface area (Å²) >= 11 is 0. The average Bonchev–Trinajstić information content (AvgIpc) is 2.14. The normalized spacial score (nSPS) is 20.3. The van der Waals surface area contributed by atoms with Gasteiger partial charge in [0.25, 0.3) is 0 Å². The number of hydrogen-bond acceptors (Lipinski definition) is 0. The second kappa shape index (κ2) is 2.31. The molecule has 0 aromatic carbocycles. The van der Waals surface area contributed by atoms with E-state index in [1.54, 1.807) is 5.57 Å². The Morgan fingerprint density at radius 1 is 1.71 bits per heavy atom. The topological polar surface area (TPSA) is 0 Å². The van der Waals surface area contributed by atoms with E-state index in [-0.39, 0.29) is 0 Å². The smallest absolute Gasteiger partial charge is 0.00790 e. The van der Waals surface area contributed by atoms with Gasteiger partial charge in [-0.05, 0) is 25.3 Å². The summed E-state index contributed by atoms with van der Waals surface area (Å²) in [6.45, 7) is 0. The molecule has 0 radical (unpaired) electrons. The van der Waals surface area contributed by atoms with Crippen LogP contribution in [0.2, 0.25) is 6.04 Å². The first-order valence-corrected chi connectivity index (χ1v) is 4.53. The van der Waals surface area contributed by atoms with E-state index in [4.69, 9.17) is 0 Å². The zero-order valence-corrected chi connectivity index (χ0v) is 6.91. The molecule has 0 nitrogen and oxygen atoms in total. The Morgan fingerprint density at radius 2 is 2.57 bits per heavy atom. The second-order valence-corrected chi connectivity index (χ2v) is 2.82. The Kier molecular flexibility index (Phi) is 1.68. The highest BCUT2D eigenvalue weighted by Gasteiger charge is 1.99. The fourth-order valence-electron chi connectivity index (χ4n) is 1.06. The molecule has 0 fully saturated rings. The lowest BCUT2D eigenvalue weighted by Gasteiger charge is -1.88. The summed E-state index contributed by atoms with van der Waals surface area (Å²) in [5, 5.41) is 0. The van der Waals surface area contributed by atoms with Gasteiger partial charge in [-0.2, -0.15) is 0 Å². The molecule has 0 amide bonds. The van der Waals surface area contributed by atoms with E-state index in [1.165, 1.54) is 35.5 Å². The van der Waals surface area contributed by atoms with Crippen LogP contribution in [0.4, 0.5) is 0 Å². The van der Waals surface area contributed by atoms with Crippen LogP contribution in [-0.4, -0.2) is 10.2 Å². The van der Waals surface area contributed by atoms with E-state index < -0.39 is 0 Å². The van der Waals surface area contributed by atoms with Crippen molar-refractivity contribution in [3.05, 3.63) is 11.6 Å². The fourth-order valence-corrected chi connectivity index (χ4v) is 1.70. The van der Waals surface area contributed by atoms with Crippen LogP contribution in [-0.2, 0) is 0 Å². The largest absolute Gasteiger partial charge is 0.0856 e. The van der Waals surface area contributed by atoms with E-state index in [9.17, 15) is 0 Å². The Hall–Kier alpha value is -0.0431. The maximum absolute atomic E-state index is 2.41. The lowest BCUT2D eigenvalue weighted by atomic mass is 10.3. The fraction of sp³-hybridized carbons (Fsp3) is 0.667. The summed E-state index contributed by atoms with van der Waals surface area (Å²) in [7, 11) is 1.36. The van der Waals surface area contributed by atoms with Crippen LogP contribution in [0.3, 0.4) is 0 Å². The summed E-state index contributed by atoms with van der Waals surface area (Å²) < 4.78 is 0. The van der Waals surface area contributed by atoms with Crippen molar-refractivity contribution in [2.45, 2.75) is 25.3 Å². The van der Waals surface area contributed by atoms with E-state index in [2.05, 4.69) is 6.08 Å². The molecule has 7 heavy (non-hydrogen) atoms. The molecule has 1 aliphatic carbocycles. The van der Waals surface area contributed by atoms with Crippen molar-refractivity contribution < 1.29 is 0 Å². The summed E-state index contributed by atoms with van der Waals surface area (Å²) in [6.07, 6.45) is 6.60. The lowest BCUT2D eigenvalue weighted by molar-refractivity contribution is 0.906. The van der Waals surface area contributed by atoms with Gasteiger partial charge in [0.2, 0.25) is 0 Å². The number of hydrogen-bond donors (Lipinski definition) is 0. The highest BCUT2D eigenvalue weighted by atomic mass is 28.1. The zero-order chi connectivity index (χ0) is 5.11. The summed E-state index contributed by atoms with van der Waals surface area (Å²) in [5.74, 6) is 0. The molecule has 0 heterocycles. The van der Waals surface area contributed by atoms with Crippen molar-refractivity contribution in [1.82, 2.24) is 0 Å². The van der Waals surface area contributed by atoms with Crippen LogP contribution in [0.25, 0.3) is 0 Å². The molecule has 0 aliphatic heterocycles. The van der Waals surface area contributed by atoms with E-state index >= 15 is 0 Å². The van der Waals surface area contributed by atoms with Crippen molar-refractivity contribution >= 4 is 10.2 Å². The van der Waals surface area contributed by atoms with Gasteiger partial charge < -0.3 is 0 Å². The molecule has 0 aromatic rings. The second-order valence-electron chi connectivity index (χ2n) is 2.11. The molecule has 0 saturated carbocycles. The third-order valence-corrected chi connectivity index (χ3v) is 2.50. The first-order chi connectivity index (χ1) is 3.43. The van der Waals surface area contributed by atoms with Crippen molar-refractivity contribution in [1.29, 1.82) is 0 Å². The van der Waals surface area contributed by atoms with Gasteiger partial charge >= 0.3 is 0 Å². The third-order valence-electron chi connectivity index (χ3n) is 1.59. The van der Waals surface area contributed by atoms with Gasteiger partial charge in [0, 0.05) is 10.2 Å². The van der Waals surface area contributed by atoms with Crippen LogP contribution >= 0.6 is 0 Å². The molecule has 1 aliphatic rings. The van der Waals surface area contributed by atoms with Gasteiger partial charge in [0.1, 0.15) is 0 Å². The molecule has 0 unspecified atom stereocenters. The summed E-state index contributed by atoms with van der Waals surface area (Å²) in [6, 6.07) is 1.42. The van der Waals surface area contributed by atoms with E-state index in [0.29, 0.717) is 0 Å². The van der Waals surface area contributed by atoms with Crippen LogP contribution in [0.5, 0.6) is 0 Å². The van der Waals surface area contributed by atoms with E-state index in [0.717, 1.165) is 0 Å². The van der Waals surface area contributed by atoms with Crippen LogP contribution < -0.4 is 0 Å². The minimum absolute atomic E-state index is 1.36. The average molecular weight is 112 g/mol. The van der Waals surface area contributed by atoms with Crippen molar-refractivity contribution in [2.75, 3.05) is 0 Å². The third kappa shape index (κ3) is 1.16. The summed E-state index contributed by atoms with van der Waals surface area (Å²) in [4.78, 5) is 0. The molecule has 0 bridgehead atoms. The highest BCUT2D eigenvalue weighted by molar-refractivity contribution is 6.10. The van der Waals surface area contributed by atoms with Gasteiger partial charge in [-0.25, -0.2) is 0 Å². The molecule has 0 saturated heterocycles. The number of rotatable bonds is 1. The highest BCUT2D eigenvalue weighted by Crippen LogP contribution is 2.18. The Morgan fingerprint density at radius 3 is 2.86 bits per heavy atom. The van der Waals surface area contributed by atoms with Crippen LogP contribution in [0, 0.1) is 0 Å². The monoisotopic (exact) mass is 112 g/mol. The maximum Gasteiger partial charge on any atom is 0.00790 e. The molecule has 0 atom stereocenters. The molecule has 40 valence electrons. The quantitative estimate of drug-likeness (QED) is 0.349. The first kappa shape index (κ1) is 5.10. The molecule has 1 rings (SSSR count). The standard InChI is InChI=1S/C6H12Si/c7-5-6-3-1-2-4-6/h3H,1-2,4-5H2,7H3. The van der Waals surface area contributed by atoms with Crippen LogP contribution in [0.1, 0.15) is 19.3 Å². The van der Waals surface area contributed by atoms with Crippen molar-refractivity contribution in [3.63, 3.8) is 0 Å². The van der Waals surface area contributed by atoms with Crippen molar-refractivity contribution in [2.24, 2.45) is 0 Å². The summed E-state index contributed by atoms with van der Waals surface area (Å²) in [5.41, 5.74) is 1.73. The lowest BCUT2D eigenvalue weighted by Crippen LogP contribution is -1.72. The maximum atomic E-state index is 2.41. The van der Waals surface area contributed by atoms with Gasteiger partial charge in [-0.1, -0.05) is 11.6 Å². The van der Waals surface area contributed by atoms with Gasteiger partial charge in [0.15, 0.2) is 0 Å². The first-order valence-electron chi connectivity index (χ1n) is 3.11. The Balaban J connectivity index is 2.36. The molecule has 0 N–H and O–H groups in total. The Labute approximate surface area is 48.0 Å². The predicted molar refractivity (Wildman–Crippen MR) is 36.7 cm³/mol. The molecular formula is C6H12Si.